The van der Waals surface area contributed by atoms with Gasteiger partial charge in [-0.05, 0) is 33.7 Å². The molecule has 0 spiro atoms. The van der Waals surface area contributed by atoms with E-state index in [2.05, 4.69) is 25.7 Å². The molecule has 0 unspecified atom stereocenters. The molecular formula is C12H23NO2. The van der Waals surface area contributed by atoms with Crippen LogP contribution in [0.15, 0.2) is 12.2 Å². The molecule has 0 bridgehead atoms. The van der Waals surface area contributed by atoms with Crippen molar-refractivity contribution in [1.82, 2.24) is 4.90 Å². The Morgan fingerprint density at radius 3 is 2.60 bits per heavy atom. The molecule has 0 aromatic rings. The number of ether oxygens (including phenoxy) is 1. The van der Waals surface area contributed by atoms with Crippen LogP contribution in [-0.4, -0.2) is 36.6 Å². The third-order valence-corrected chi connectivity index (χ3v) is 2.27. The third kappa shape index (κ3) is 7.14. The van der Waals surface area contributed by atoms with Crippen LogP contribution in [0, 0.1) is 0 Å². The quantitative estimate of drug-likeness (QED) is 0.369. The summed E-state index contributed by atoms with van der Waals surface area (Å²) in [5, 5.41) is 0. The van der Waals surface area contributed by atoms with Crippen LogP contribution in [0.3, 0.4) is 0 Å². The average Bonchev–Trinajstić information content (AvgIpc) is 2.17. The molecular weight excluding hydrogens is 190 g/mol. The molecule has 0 aliphatic heterocycles. The molecule has 88 valence electrons. The predicted octanol–water partition coefficient (Wildman–Crippen LogP) is 2.23. The maximum atomic E-state index is 11.0. The molecule has 0 aromatic heterocycles. The van der Waals surface area contributed by atoms with Crippen molar-refractivity contribution in [1.29, 1.82) is 0 Å². The van der Waals surface area contributed by atoms with Gasteiger partial charge >= 0.3 is 5.97 Å². The van der Waals surface area contributed by atoms with Crippen LogP contribution < -0.4 is 0 Å². The van der Waals surface area contributed by atoms with Gasteiger partial charge in [0.1, 0.15) is 0 Å². The highest BCUT2D eigenvalue weighted by molar-refractivity contribution is 5.81. The van der Waals surface area contributed by atoms with E-state index in [0.717, 1.165) is 19.5 Å². The van der Waals surface area contributed by atoms with Crippen molar-refractivity contribution in [2.45, 2.75) is 40.2 Å². The van der Waals surface area contributed by atoms with Gasteiger partial charge in [-0.25, -0.2) is 4.79 Å². The van der Waals surface area contributed by atoms with Crippen molar-refractivity contribution in [2.75, 3.05) is 19.7 Å². The highest BCUT2D eigenvalue weighted by atomic mass is 16.5. The second-order valence-electron chi connectivity index (χ2n) is 3.74. The highest BCUT2D eigenvalue weighted by Crippen LogP contribution is 1.99. The van der Waals surface area contributed by atoms with Gasteiger partial charge in [0.2, 0.25) is 0 Å². The van der Waals surface area contributed by atoms with Gasteiger partial charge in [0.15, 0.2) is 0 Å². The van der Waals surface area contributed by atoms with Crippen molar-refractivity contribution in [3.05, 3.63) is 12.2 Å². The first-order chi connectivity index (χ1) is 7.11. The number of hydrogen-bond acceptors (Lipinski definition) is 3. The minimum absolute atomic E-state index is 0.245. The lowest BCUT2D eigenvalue weighted by Gasteiger charge is -2.24. The molecule has 3 nitrogen and oxygen atoms in total. The van der Waals surface area contributed by atoms with Crippen molar-refractivity contribution < 1.29 is 9.53 Å². The van der Waals surface area contributed by atoms with Gasteiger partial charge in [0, 0.05) is 18.7 Å². The SMILES string of the molecule is C/C=C\C(=O)OCCCN(CC)C(C)C. The Labute approximate surface area is 93.1 Å². The van der Waals surface area contributed by atoms with Gasteiger partial charge in [0.25, 0.3) is 0 Å². The number of esters is 1. The zero-order chi connectivity index (χ0) is 11.7. The zero-order valence-corrected chi connectivity index (χ0v) is 10.3. The largest absolute Gasteiger partial charge is 0.462 e. The van der Waals surface area contributed by atoms with E-state index in [0.29, 0.717) is 12.6 Å². The third-order valence-electron chi connectivity index (χ3n) is 2.27. The van der Waals surface area contributed by atoms with Crippen molar-refractivity contribution in [3.8, 4) is 0 Å². The molecule has 0 amide bonds. The molecule has 15 heavy (non-hydrogen) atoms. The highest BCUT2D eigenvalue weighted by Gasteiger charge is 2.06. The second-order valence-corrected chi connectivity index (χ2v) is 3.74. The van der Waals surface area contributed by atoms with Crippen LogP contribution in [0.4, 0.5) is 0 Å². The van der Waals surface area contributed by atoms with Crippen molar-refractivity contribution in [3.63, 3.8) is 0 Å². The van der Waals surface area contributed by atoms with E-state index < -0.39 is 0 Å². The van der Waals surface area contributed by atoms with E-state index in [1.165, 1.54) is 6.08 Å². The molecule has 0 aliphatic carbocycles. The molecule has 0 rings (SSSR count). The minimum Gasteiger partial charge on any atom is -0.462 e. The normalized spacial score (nSPS) is 11.6. The standard InChI is InChI=1S/C12H23NO2/c1-5-8-12(14)15-10-7-9-13(6-2)11(3)4/h5,8,11H,6-7,9-10H2,1-4H3/b8-5-. The summed E-state index contributed by atoms with van der Waals surface area (Å²) in [5.41, 5.74) is 0. The first kappa shape index (κ1) is 14.2. The van der Waals surface area contributed by atoms with Crippen LogP contribution in [0.2, 0.25) is 0 Å². The summed E-state index contributed by atoms with van der Waals surface area (Å²) < 4.78 is 5.00. The Bertz CT molecular complexity index is 200. The summed E-state index contributed by atoms with van der Waals surface area (Å²) in [7, 11) is 0. The Morgan fingerprint density at radius 2 is 2.13 bits per heavy atom. The molecule has 0 heterocycles. The zero-order valence-electron chi connectivity index (χ0n) is 10.3. The van der Waals surface area contributed by atoms with Gasteiger partial charge in [-0.15, -0.1) is 0 Å². The van der Waals surface area contributed by atoms with E-state index >= 15 is 0 Å². The van der Waals surface area contributed by atoms with E-state index in [1.807, 2.05) is 0 Å². The summed E-state index contributed by atoms with van der Waals surface area (Å²) in [5.74, 6) is -0.245. The summed E-state index contributed by atoms with van der Waals surface area (Å²) in [6.07, 6.45) is 4.03. The molecule has 0 aromatic carbocycles. The van der Waals surface area contributed by atoms with Gasteiger partial charge in [-0.1, -0.05) is 13.0 Å². The van der Waals surface area contributed by atoms with Crippen LogP contribution in [0.5, 0.6) is 0 Å². The number of carbonyl (C=O) groups excluding carboxylic acids is 1. The fourth-order valence-corrected chi connectivity index (χ4v) is 1.41. The maximum Gasteiger partial charge on any atom is 0.330 e. The molecule has 0 N–H and O–H groups in total. The van der Waals surface area contributed by atoms with Crippen LogP contribution >= 0.6 is 0 Å². The molecule has 0 aliphatic rings. The Hall–Kier alpha value is -0.830. The second kappa shape index (κ2) is 8.48. The lowest BCUT2D eigenvalue weighted by atomic mass is 10.3. The topological polar surface area (TPSA) is 29.5 Å². The van der Waals surface area contributed by atoms with E-state index in [1.54, 1.807) is 13.0 Å². The maximum absolute atomic E-state index is 11.0. The molecule has 0 saturated heterocycles. The van der Waals surface area contributed by atoms with Crippen LogP contribution in [0.1, 0.15) is 34.1 Å². The lowest BCUT2D eigenvalue weighted by Crippen LogP contribution is -2.32. The van der Waals surface area contributed by atoms with Crippen LogP contribution in [0.25, 0.3) is 0 Å². The molecule has 0 radical (unpaired) electrons. The summed E-state index contributed by atoms with van der Waals surface area (Å²) in [6.45, 7) is 10.8. The average molecular weight is 213 g/mol. The van der Waals surface area contributed by atoms with Gasteiger partial charge in [-0.2, -0.15) is 0 Å². The fourth-order valence-electron chi connectivity index (χ4n) is 1.41. The van der Waals surface area contributed by atoms with E-state index in [9.17, 15) is 4.79 Å². The summed E-state index contributed by atoms with van der Waals surface area (Å²) in [4.78, 5) is 13.3. The number of allylic oxidation sites excluding steroid dienone is 1. The van der Waals surface area contributed by atoms with E-state index in [4.69, 9.17) is 4.74 Å². The van der Waals surface area contributed by atoms with Crippen molar-refractivity contribution >= 4 is 5.97 Å². The van der Waals surface area contributed by atoms with E-state index in [-0.39, 0.29) is 5.97 Å². The first-order valence-electron chi connectivity index (χ1n) is 5.65. The van der Waals surface area contributed by atoms with Gasteiger partial charge in [-0.3, -0.25) is 0 Å². The fraction of sp³-hybridized carbons (Fsp3) is 0.750. The minimum atomic E-state index is -0.245. The Morgan fingerprint density at radius 1 is 1.47 bits per heavy atom. The number of nitrogens with zero attached hydrogens (tertiary/aromatic N) is 1. The predicted molar refractivity (Wildman–Crippen MR) is 62.8 cm³/mol. The number of rotatable bonds is 7. The van der Waals surface area contributed by atoms with Crippen molar-refractivity contribution in [2.24, 2.45) is 0 Å². The molecule has 0 fully saturated rings. The molecule has 3 heteroatoms. The number of hydrogen-bond donors (Lipinski definition) is 0. The Balaban J connectivity index is 3.56. The van der Waals surface area contributed by atoms with Gasteiger partial charge < -0.3 is 9.64 Å². The summed E-state index contributed by atoms with van der Waals surface area (Å²) >= 11 is 0. The monoisotopic (exact) mass is 213 g/mol. The summed E-state index contributed by atoms with van der Waals surface area (Å²) in [6, 6.07) is 0.557. The molecule has 0 saturated carbocycles. The lowest BCUT2D eigenvalue weighted by molar-refractivity contribution is -0.137. The van der Waals surface area contributed by atoms with Gasteiger partial charge in [0.05, 0.1) is 6.61 Å². The Kier molecular flexibility index (Phi) is 8.01. The number of carbonyl (C=O) groups is 1. The molecule has 0 atom stereocenters. The first-order valence-corrected chi connectivity index (χ1v) is 5.65. The smallest absolute Gasteiger partial charge is 0.330 e. The van der Waals surface area contributed by atoms with Crippen LogP contribution in [-0.2, 0) is 9.53 Å².